The van der Waals surface area contributed by atoms with E-state index in [0.29, 0.717) is 11.7 Å². The van der Waals surface area contributed by atoms with Crippen LogP contribution in [0.2, 0.25) is 0 Å². The molecule has 2 aromatic rings. The maximum absolute atomic E-state index is 5.97. The molecule has 0 aliphatic heterocycles. The van der Waals surface area contributed by atoms with Crippen LogP contribution in [0.25, 0.3) is 11.5 Å². The van der Waals surface area contributed by atoms with Crippen LogP contribution in [0.5, 0.6) is 0 Å². The number of hydrogen-bond donors (Lipinski definition) is 1. The summed E-state index contributed by atoms with van der Waals surface area (Å²) in [6, 6.07) is 5.81. The van der Waals surface area contributed by atoms with Crippen LogP contribution in [-0.2, 0) is 0 Å². The summed E-state index contributed by atoms with van der Waals surface area (Å²) in [6.07, 6.45) is 1.86. The Bertz CT molecular complexity index is 539. The first kappa shape index (κ1) is 13.2. The fraction of sp³-hybridized carbons (Fsp3) is 0.385. The zero-order chi connectivity index (χ0) is 13.1. The lowest BCUT2D eigenvalue weighted by Gasteiger charge is -2.03. The van der Waals surface area contributed by atoms with Gasteiger partial charge in [0, 0.05) is 10.0 Å². The standard InChI is InChI=1S/C13H16BrN3O/c1-3-4-11(15)12-16-13(18-17-12)10-7-9(14)6-5-8(10)2/h5-7,11H,3-4,15H2,1-2H3. The summed E-state index contributed by atoms with van der Waals surface area (Å²) < 4.78 is 6.28. The van der Waals surface area contributed by atoms with Gasteiger partial charge in [-0.1, -0.05) is 40.5 Å². The smallest absolute Gasteiger partial charge is 0.258 e. The number of benzene rings is 1. The van der Waals surface area contributed by atoms with Crippen molar-refractivity contribution in [1.82, 2.24) is 10.1 Å². The van der Waals surface area contributed by atoms with E-state index in [0.717, 1.165) is 28.4 Å². The average Bonchev–Trinajstić information content (AvgIpc) is 2.82. The first-order chi connectivity index (χ1) is 8.61. The summed E-state index contributed by atoms with van der Waals surface area (Å²) in [5.74, 6) is 1.10. The van der Waals surface area contributed by atoms with E-state index in [1.165, 1.54) is 0 Å². The van der Waals surface area contributed by atoms with E-state index in [-0.39, 0.29) is 6.04 Å². The monoisotopic (exact) mass is 309 g/mol. The van der Waals surface area contributed by atoms with Gasteiger partial charge < -0.3 is 10.3 Å². The van der Waals surface area contributed by atoms with Gasteiger partial charge in [-0.25, -0.2) is 0 Å². The summed E-state index contributed by atoms with van der Waals surface area (Å²) in [4.78, 5) is 4.38. The molecular formula is C13H16BrN3O. The lowest BCUT2D eigenvalue weighted by molar-refractivity contribution is 0.413. The molecule has 1 aromatic carbocycles. The fourth-order valence-corrected chi connectivity index (χ4v) is 2.12. The van der Waals surface area contributed by atoms with Crippen molar-refractivity contribution >= 4 is 15.9 Å². The fourth-order valence-electron chi connectivity index (χ4n) is 1.76. The SMILES string of the molecule is CCCC(N)c1noc(-c2cc(Br)ccc2C)n1. The van der Waals surface area contributed by atoms with Crippen LogP contribution in [0, 0.1) is 6.92 Å². The van der Waals surface area contributed by atoms with Crippen molar-refractivity contribution in [3.8, 4) is 11.5 Å². The summed E-state index contributed by atoms with van der Waals surface area (Å²) in [5, 5.41) is 3.96. The van der Waals surface area contributed by atoms with Crippen LogP contribution in [0.4, 0.5) is 0 Å². The normalized spacial score (nSPS) is 12.7. The maximum atomic E-state index is 5.97. The topological polar surface area (TPSA) is 64.9 Å². The number of nitrogens with two attached hydrogens (primary N) is 1. The third kappa shape index (κ3) is 2.79. The molecule has 0 radical (unpaired) electrons. The largest absolute Gasteiger partial charge is 0.334 e. The Morgan fingerprint density at radius 3 is 2.94 bits per heavy atom. The molecule has 1 aromatic heterocycles. The predicted molar refractivity (Wildman–Crippen MR) is 74.0 cm³/mol. The molecular weight excluding hydrogens is 294 g/mol. The van der Waals surface area contributed by atoms with Gasteiger partial charge in [0.2, 0.25) is 0 Å². The second kappa shape index (κ2) is 5.63. The van der Waals surface area contributed by atoms with Crippen LogP contribution in [0.15, 0.2) is 27.2 Å². The molecule has 0 aliphatic rings. The van der Waals surface area contributed by atoms with Crippen molar-refractivity contribution < 1.29 is 4.52 Å². The second-order valence-electron chi connectivity index (χ2n) is 4.31. The zero-order valence-electron chi connectivity index (χ0n) is 10.5. The van der Waals surface area contributed by atoms with E-state index in [2.05, 4.69) is 33.0 Å². The van der Waals surface area contributed by atoms with Crippen molar-refractivity contribution in [1.29, 1.82) is 0 Å². The Balaban J connectivity index is 2.32. The zero-order valence-corrected chi connectivity index (χ0v) is 12.1. The summed E-state index contributed by atoms with van der Waals surface area (Å²) >= 11 is 3.44. The minimum absolute atomic E-state index is 0.153. The van der Waals surface area contributed by atoms with Crippen molar-refractivity contribution in [2.45, 2.75) is 32.7 Å². The highest BCUT2D eigenvalue weighted by molar-refractivity contribution is 9.10. The minimum Gasteiger partial charge on any atom is -0.334 e. The predicted octanol–water partition coefficient (Wildman–Crippen LogP) is 3.61. The van der Waals surface area contributed by atoms with Crippen LogP contribution >= 0.6 is 15.9 Å². The van der Waals surface area contributed by atoms with Crippen LogP contribution in [-0.4, -0.2) is 10.1 Å². The number of hydrogen-bond acceptors (Lipinski definition) is 4. The molecule has 5 heteroatoms. The first-order valence-electron chi connectivity index (χ1n) is 5.97. The van der Waals surface area contributed by atoms with Gasteiger partial charge in [-0.3, -0.25) is 0 Å². The van der Waals surface area contributed by atoms with Gasteiger partial charge in [-0.2, -0.15) is 4.98 Å². The van der Waals surface area contributed by atoms with Gasteiger partial charge in [0.25, 0.3) is 5.89 Å². The van der Waals surface area contributed by atoms with Gasteiger partial charge >= 0.3 is 0 Å². The molecule has 0 saturated heterocycles. The molecule has 0 bridgehead atoms. The molecule has 2 N–H and O–H groups in total. The van der Waals surface area contributed by atoms with Crippen LogP contribution in [0.1, 0.15) is 37.2 Å². The van der Waals surface area contributed by atoms with Crippen LogP contribution in [0.3, 0.4) is 0 Å². The number of halogens is 1. The number of nitrogens with zero attached hydrogens (tertiary/aromatic N) is 2. The van der Waals surface area contributed by atoms with Gasteiger partial charge in [-0.05, 0) is 31.0 Å². The van der Waals surface area contributed by atoms with Gasteiger partial charge in [0.1, 0.15) is 0 Å². The average molecular weight is 310 g/mol. The molecule has 2 rings (SSSR count). The Morgan fingerprint density at radius 2 is 2.22 bits per heavy atom. The second-order valence-corrected chi connectivity index (χ2v) is 5.23. The molecule has 96 valence electrons. The van der Waals surface area contributed by atoms with Gasteiger partial charge in [0.05, 0.1) is 6.04 Å². The van der Waals surface area contributed by atoms with Gasteiger partial charge in [-0.15, -0.1) is 0 Å². The molecule has 0 aliphatic carbocycles. The number of rotatable bonds is 4. The summed E-state index contributed by atoms with van der Waals surface area (Å²) in [6.45, 7) is 4.09. The maximum Gasteiger partial charge on any atom is 0.258 e. The minimum atomic E-state index is -0.153. The Kier molecular flexibility index (Phi) is 4.14. The van der Waals surface area contributed by atoms with E-state index in [1.807, 2.05) is 25.1 Å². The Morgan fingerprint density at radius 1 is 1.44 bits per heavy atom. The highest BCUT2D eigenvalue weighted by Gasteiger charge is 2.15. The van der Waals surface area contributed by atoms with Crippen LogP contribution < -0.4 is 5.73 Å². The molecule has 1 atom stereocenters. The quantitative estimate of drug-likeness (QED) is 0.937. The Hall–Kier alpha value is -1.20. The van der Waals surface area contributed by atoms with E-state index in [4.69, 9.17) is 10.3 Å². The van der Waals surface area contributed by atoms with E-state index in [9.17, 15) is 0 Å². The first-order valence-corrected chi connectivity index (χ1v) is 6.76. The molecule has 4 nitrogen and oxygen atoms in total. The number of aryl methyl sites for hydroxylation is 1. The third-order valence-corrected chi connectivity index (χ3v) is 3.30. The summed E-state index contributed by atoms with van der Waals surface area (Å²) in [5.41, 5.74) is 8.00. The van der Waals surface area contributed by atoms with E-state index >= 15 is 0 Å². The van der Waals surface area contributed by atoms with E-state index < -0.39 is 0 Å². The van der Waals surface area contributed by atoms with Crippen molar-refractivity contribution in [2.24, 2.45) is 5.73 Å². The van der Waals surface area contributed by atoms with E-state index in [1.54, 1.807) is 0 Å². The molecule has 0 saturated carbocycles. The molecule has 18 heavy (non-hydrogen) atoms. The van der Waals surface area contributed by atoms with Crippen molar-refractivity contribution in [2.75, 3.05) is 0 Å². The molecule has 0 spiro atoms. The van der Waals surface area contributed by atoms with Crippen molar-refractivity contribution in [3.05, 3.63) is 34.1 Å². The molecule has 1 unspecified atom stereocenters. The Labute approximate surface area is 115 Å². The highest BCUT2D eigenvalue weighted by atomic mass is 79.9. The molecule has 1 heterocycles. The molecule has 0 fully saturated rings. The lowest BCUT2D eigenvalue weighted by atomic mass is 10.1. The third-order valence-electron chi connectivity index (χ3n) is 2.80. The van der Waals surface area contributed by atoms with Gasteiger partial charge in [0.15, 0.2) is 5.82 Å². The molecule has 0 amide bonds. The van der Waals surface area contributed by atoms with Crippen molar-refractivity contribution in [3.63, 3.8) is 0 Å². The highest BCUT2D eigenvalue weighted by Crippen LogP contribution is 2.26. The lowest BCUT2D eigenvalue weighted by Crippen LogP contribution is -2.11. The summed E-state index contributed by atoms with van der Waals surface area (Å²) in [7, 11) is 0. The number of aromatic nitrogens is 2.